The van der Waals surface area contributed by atoms with Gasteiger partial charge in [-0.3, -0.25) is 9.59 Å². The van der Waals surface area contributed by atoms with Crippen LogP contribution in [0.4, 0.5) is 11.4 Å². The Kier molecular flexibility index (Phi) is 5.31. The number of nitrogens with one attached hydrogen (secondary N) is 1. The molecule has 0 aliphatic rings. The van der Waals surface area contributed by atoms with Crippen LogP contribution in [0.5, 0.6) is 0 Å². The third kappa shape index (κ3) is 3.87. The summed E-state index contributed by atoms with van der Waals surface area (Å²) in [7, 11) is 3.62. The van der Waals surface area contributed by atoms with Crippen LogP contribution in [0, 0.1) is 6.92 Å². The van der Waals surface area contributed by atoms with Crippen LogP contribution < -0.4 is 10.2 Å². The molecule has 2 aromatic carbocycles. The van der Waals surface area contributed by atoms with Gasteiger partial charge in [-0.05, 0) is 35.7 Å². The average Bonchev–Trinajstić information content (AvgIpc) is 2.69. The average molecular weight is 359 g/mol. The fourth-order valence-corrected chi connectivity index (χ4v) is 2.93. The fraction of sp³-hybridized carbons (Fsp3) is 0.136. The molecule has 3 rings (SSSR count). The van der Waals surface area contributed by atoms with Gasteiger partial charge in [0.05, 0.1) is 5.69 Å². The highest BCUT2D eigenvalue weighted by atomic mass is 16.2. The lowest BCUT2D eigenvalue weighted by molar-refractivity contribution is 0.102. The number of anilines is 2. The molecule has 0 fully saturated rings. The Morgan fingerprint density at radius 2 is 1.81 bits per heavy atom. The summed E-state index contributed by atoms with van der Waals surface area (Å²) in [5.74, 6) is -0.315. The van der Waals surface area contributed by atoms with Gasteiger partial charge in [-0.1, -0.05) is 42.5 Å². The molecule has 0 bridgehead atoms. The van der Waals surface area contributed by atoms with Gasteiger partial charge >= 0.3 is 0 Å². The van der Waals surface area contributed by atoms with E-state index in [4.69, 9.17) is 0 Å². The minimum atomic E-state index is -0.315. The Labute approximate surface area is 158 Å². The molecule has 0 aliphatic carbocycles. The second kappa shape index (κ2) is 7.83. The third-order valence-corrected chi connectivity index (χ3v) is 4.39. The van der Waals surface area contributed by atoms with Crippen LogP contribution in [0.25, 0.3) is 11.1 Å². The highest BCUT2D eigenvalue weighted by Crippen LogP contribution is 2.29. The first-order chi connectivity index (χ1) is 13.0. The maximum atomic E-state index is 12.9. The normalized spacial score (nSPS) is 10.3. The molecule has 0 saturated carbocycles. The number of benzene rings is 2. The molecule has 0 radical (unpaired) electrons. The molecule has 5 heteroatoms. The summed E-state index contributed by atoms with van der Waals surface area (Å²) >= 11 is 0. The quantitative estimate of drug-likeness (QED) is 0.694. The van der Waals surface area contributed by atoms with Crippen LogP contribution in [0.1, 0.15) is 26.4 Å². The molecular formula is C22H21N3O2. The molecule has 0 unspecified atom stereocenters. The van der Waals surface area contributed by atoms with Gasteiger partial charge in [-0.2, -0.15) is 0 Å². The Hall–Kier alpha value is -3.47. The van der Waals surface area contributed by atoms with Crippen LogP contribution in [-0.2, 0) is 0 Å². The Bertz CT molecular complexity index is 982. The molecule has 136 valence electrons. The van der Waals surface area contributed by atoms with E-state index in [0.29, 0.717) is 11.3 Å². The molecule has 3 aromatic rings. The van der Waals surface area contributed by atoms with Gasteiger partial charge in [0, 0.05) is 31.5 Å². The minimum absolute atomic E-state index is 0.273. The summed E-state index contributed by atoms with van der Waals surface area (Å²) in [5.41, 5.74) is 5.15. The van der Waals surface area contributed by atoms with Crippen molar-refractivity contribution in [2.45, 2.75) is 6.92 Å². The Morgan fingerprint density at radius 3 is 2.48 bits per heavy atom. The van der Waals surface area contributed by atoms with E-state index in [1.165, 1.54) is 6.20 Å². The first kappa shape index (κ1) is 18.3. The summed E-state index contributed by atoms with van der Waals surface area (Å²) in [6, 6.07) is 17.5. The highest BCUT2D eigenvalue weighted by molar-refractivity contribution is 6.07. The minimum Gasteiger partial charge on any atom is -0.376 e. The third-order valence-electron chi connectivity index (χ3n) is 4.39. The number of carbonyl (C=O) groups excluding carboxylic acids is 2. The molecule has 5 nitrogen and oxygen atoms in total. The standard InChI is InChI=1S/C22H21N3O2/c1-15-18(17-8-5-4-6-9-17)10-7-11-19(15)24-22(27)21-20(25(2)3)12-16(14-26)13-23-21/h4-14H,1-3H3,(H,24,27). The lowest BCUT2D eigenvalue weighted by atomic mass is 9.99. The molecule has 1 N–H and O–H groups in total. The summed E-state index contributed by atoms with van der Waals surface area (Å²) in [6.07, 6.45) is 2.12. The van der Waals surface area contributed by atoms with Crippen molar-refractivity contribution in [3.8, 4) is 11.1 Å². The highest BCUT2D eigenvalue weighted by Gasteiger charge is 2.17. The van der Waals surface area contributed by atoms with E-state index in [9.17, 15) is 9.59 Å². The van der Waals surface area contributed by atoms with Gasteiger partial charge in [0.1, 0.15) is 0 Å². The lowest BCUT2D eigenvalue weighted by Crippen LogP contribution is -2.20. The van der Waals surface area contributed by atoms with Gasteiger partial charge in [0.15, 0.2) is 12.0 Å². The van der Waals surface area contributed by atoms with Crippen LogP contribution in [0.15, 0.2) is 60.8 Å². The molecular weight excluding hydrogens is 338 g/mol. The fourth-order valence-electron chi connectivity index (χ4n) is 2.93. The zero-order valence-electron chi connectivity index (χ0n) is 15.6. The van der Waals surface area contributed by atoms with Crippen LogP contribution >= 0.6 is 0 Å². The molecule has 0 saturated heterocycles. The molecule has 1 heterocycles. The van der Waals surface area contributed by atoms with Crippen molar-refractivity contribution in [1.29, 1.82) is 0 Å². The van der Waals surface area contributed by atoms with E-state index in [1.807, 2.05) is 69.6 Å². The van der Waals surface area contributed by atoms with E-state index >= 15 is 0 Å². The predicted molar refractivity (Wildman–Crippen MR) is 109 cm³/mol. The first-order valence-electron chi connectivity index (χ1n) is 8.60. The number of rotatable bonds is 5. The van der Waals surface area contributed by atoms with E-state index in [2.05, 4.69) is 10.3 Å². The van der Waals surface area contributed by atoms with Gasteiger partial charge in [-0.25, -0.2) is 4.98 Å². The maximum Gasteiger partial charge on any atom is 0.276 e. The number of pyridine rings is 1. The van der Waals surface area contributed by atoms with Gasteiger partial charge < -0.3 is 10.2 Å². The van der Waals surface area contributed by atoms with Crippen molar-refractivity contribution in [2.75, 3.05) is 24.3 Å². The van der Waals surface area contributed by atoms with Crippen molar-refractivity contribution >= 4 is 23.6 Å². The van der Waals surface area contributed by atoms with Gasteiger partial charge in [0.2, 0.25) is 0 Å². The van der Waals surface area contributed by atoms with E-state index in [-0.39, 0.29) is 11.6 Å². The first-order valence-corrected chi connectivity index (χ1v) is 8.60. The van der Waals surface area contributed by atoms with Gasteiger partial charge in [-0.15, -0.1) is 0 Å². The number of amides is 1. The zero-order chi connectivity index (χ0) is 19.4. The Balaban J connectivity index is 1.95. The topological polar surface area (TPSA) is 62.3 Å². The number of hydrogen-bond acceptors (Lipinski definition) is 4. The number of nitrogens with zero attached hydrogens (tertiary/aromatic N) is 2. The molecule has 0 spiro atoms. The molecule has 1 aromatic heterocycles. The summed E-state index contributed by atoms with van der Waals surface area (Å²) < 4.78 is 0. The molecule has 0 atom stereocenters. The van der Waals surface area contributed by atoms with Gasteiger partial charge in [0.25, 0.3) is 5.91 Å². The second-order valence-corrected chi connectivity index (χ2v) is 6.45. The molecule has 1 amide bonds. The van der Waals surface area contributed by atoms with Crippen molar-refractivity contribution in [1.82, 2.24) is 4.98 Å². The van der Waals surface area contributed by atoms with E-state index in [1.54, 1.807) is 11.0 Å². The van der Waals surface area contributed by atoms with Crippen LogP contribution in [-0.4, -0.2) is 31.3 Å². The van der Waals surface area contributed by atoms with E-state index < -0.39 is 0 Å². The smallest absolute Gasteiger partial charge is 0.276 e. The van der Waals surface area contributed by atoms with Crippen LogP contribution in [0.3, 0.4) is 0 Å². The van der Waals surface area contributed by atoms with Crippen molar-refractivity contribution in [2.24, 2.45) is 0 Å². The SMILES string of the molecule is Cc1c(NC(=O)c2ncc(C=O)cc2N(C)C)cccc1-c1ccccc1. The number of hydrogen-bond donors (Lipinski definition) is 1. The molecule has 27 heavy (non-hydrogen) atoms. The number of aromatic nitrogens is 1. The number of aldehydes is 1. The van der Waals surface area contributed by atoms with Crippen molar-refractivity contribution in [3.05, 3.63) is 77.6 Å². The number of carbonyl (C=O) groups is 2. The second-order valence-electron chi connectivity index (χ2n) is 6.45. The van der Waals surface area contributed by atoms with Crippen molar-refractivity contribution in [3.63, 3.8) is 0 Å². The van der Waals surface area contributed by atoms with Crippen molar-refractivity contribution < 1.29 is 9.59 Å². The maximum absolute atomic E-state index is 12.9. The monoisotopic (exact) mass is 359 g/mol. The zero-order valence-corrected chi connectivity index (χ0v) is 15.6. The predicted octanol–water partition coefficient (Wildman–Crippen LogP) is 4.19. The summed E-state index contributed by atoms with van der Waals surface area (Å²) in [4.78, 5) is 29.8. The lowest BCUT2D eigenvalue weighted by Gasteiger charge is -2.18. The summed E-state index contributed by atoms with van der Waals surface area (Å²) in [6.45, 7) is 1.98. The largest absolute Gasteiger partial charge is 0.376 e. The molecule has 0 aliphatic heterocycles. The van der Waals surface area contributed by atoms with Crippen LogP contribution in [0.2, 0.25) is 0 Å². The van der Waals surface area contributed by atoms with E-state index in [0.717, 1.165) is 28.7 Å². The summed E-state index contributed by atoms with van der Waals surface area (Å²) in [5, 5.41) is 2.95. The Morgan fingerprint density at radius 1 is 1.07 bits per heavy atom.